The van der Waals surface area contributed by atoms with Crippen LogP contribution in [0.4, 0.5) is 23.8 Å². The average molecular weight is 481 g/mol. The lowest BCUT2D eigenvalue weighted by Crippen LogP contribution is -2.42. The number of alkyl halides is 3. The van der Waals surface area contributed by atoms with Crippen LogP contribution in [0, 0.1) is 0 Å². The Hall–Kier alpha value is -3.10. The minimum Gasteiger partial charge on any atom is -0.459 e. The molecule has 1 amide bonds. The summed E-state index contributed by atoms with van der Waals surface area (Å²) in [5, 5.41) is 0. The van der Waals surface area contributed by atoms with Crippen LogP contribution in [-0.2, 0) is 33.3 Å². The molecule has 186 valence electrons. The first-order chi connectivity index (χ1) is 15.5. The first-order valence-corrected chi connectivity index (χ1v) is 10.9. The molecule has 0 aliphatic rings. The Labute approximate surface area is 198 Å². The number of pyridine rings is 1. The molecule has 2 aromatic rings. The molecule has 0 fully saturated rings. The topological polar surface area (TPSA) is 68.7 Å². The second-order valence-corrected chi connectivity index (χ2v) is 9.87. The van der Waals surface area contributed by atoms with Gasteiger partial charge in [-0.05, 0) is 83.7 Å². The highest BCUT2D eigenvalue weighted by Crippen LogP contribution is 2.29. The summed E-state index contributed by atoms with van der Waals surface area (Å²) in [7, 11) is 0. The van der Waals surface area contributed by atoms with E-state index >= 15 is 0 Å². The normalized spacial score (nSPS) is 12.3. The van der Waals surface area contributed by atoms with Crippen molar-refractivity contribution in [2.24, 2.45) is 0 Å². The molecule has 1 aromatic carbocycles. The lowest BCUT2D eigenvalue weighted by Gasteiger charge is -2.27. The van der Waals surface area contributed by atoms with E-state index in [1.54, 1.807) is 59.9 Å². The number of hydrogen-bond acceptors (Lipinski definition) is 5. The standard InChI is InChI=1S/C25H31F3N2O4/c1-23(2,3)33-21(31)16-30(22(32)34-24(4,5)6)20-14-11-18(15-29-20)8-7-17-9-12-19(13-10-17)25(26,27)28/h9-15H,7-8,16H2,1-6H3. The molecular weight excluding hydrogens is 449 g/mol. The number of amides is 1. The Bertz CT molecular complexity index is 974. The lowest BCUT2D eigenvalue weighted by molar-refractivity contribution is -0.153. The van der Waals surface area contributed by atoms with Crippen LogP contribution >= 0.6 is 0 Å². The van der Waals surface area contributed by atoms with Gasteiger partial charge < -0.3 is 9.47 Å². The number of aryl methyl sites for hydroxylation is 2. The Kier molecular flexibility index (Phi) is 8.34. The van der Waals surface area contributed by atoms with Gasteiger partial charge in [-0.3, -0.25) is 9.69 Å². The molecule has 34 heavy (non-hydrogen) atoms. The van der Waals surface area contributed by atoms with E-state index in [-0.39, 0.29) is 12.4 Å². The molecule has 0 N–H and O–H groups in total. The maximum absolute atomic E-state index is 12.7. The third-order valence-corrected chi connectivity index (χ3v) is 4.39. The molecule has 1 aromatic heterocycles. The van der Waals surface area contributed by atoms with Crippen molar-refractivity contribution in [2.45, 2.75) is 71.8 Å². The van der Waals surface area contributed by atoms with Gasteiger partial charge in [0.2, 0.25) is 0 Å². The minimum absolute atomic E-state index is 0.221. The number of carbonyl (C=O) groups is 2. The van der Waals surface area contributed by atoms with Crippen LogP contribution in [0.1, 0.15) is 58.2 Å². The third-order valence-electron chi connectivity index (χ3n) is 4.39. The maximum atomic E-state index is 12.7. The Morgan fingerprint density at radius 3 is 1.82 bits per heavy atom. The molecule has 0 atom stereocenters. The van der Waals surface area contributed by atoms with Crippen LogP contribution in [0.5, 0.6) is 0 Å². The monoisotopic (exact) mass is 480 g/mol. The molecular formula is C25H31F3N2O4. The number of rotatable bonds is 6. The number of esters is 1. The second kappa shape index (κ2) is 10.4. The van der Waals surface area contributed by atoms with Gasteiger partial charge in [-0.2, -0.15) is 13.2 Å². The van der Waals surface area contributed by atoms with Crippen molar-refractivity contribution in [1.29, 1.82) is 0 Å². The van der Waals surface area contributed by atoms with Crippen molar-refractivity contribution < 1.29 is 32.2 Å². The smallest absolute Gasteiger partial charge is 0.416 e. The zero-order valence-corrected chi connectivity index (χ0v) is 20.3. The van der Waals surface area contributed by atoms with E-state index in [2.05, 4.69) is 4.98 Å². The molecule has 0 saturated carbocycles. The number of aromatic nitrogens is 1. The van der Waals surface area contributed by atoms with E-state index in [0.29, 0.717) is 12.8 Å². The highest BCUT2D eigenvalue weighted by atomic mass is 19.4. The highest BCUT2D eigenvalue weighted by molar-refractivity contribution is 5.92. The lowest BCUT2D eigenvalue weighted by atomic mass is 10.0. The van der Waals surface area contributed by atoms with E-state index < -0.39 is 35.0 Å². The molecule has 0 aliphatic heterocycles. The fourth-order valence-electron chi connectivity index (χ4n) is 2.93. The first-order valence-electron chi connectivity index (χ1n) is 10.9. The van der Waals surface area contributed by atoms with Crippen molar-refractivity contribution in [1.82, 2.24) is 4.98 Å². The zero-order chi connectivity index (χ0) is 25.7. The highest BCUT2D eigenvalue weighted by Gasteiger charge is 2.30. The molecule has 6 nitrogen and oxygen atoms in total. The van der Waals surface area contributed by atoms with E-state index in [0.717, 1.165) is 28.2 Å². The molecule has 2 rings (SSSR count). The molecule has 1 heterocycles. The quantitative estimate of drug-likeness (QED) is 0.477. The molecule has 9 heteroatoms. The van der Waals surface area contributed by atoms with E-state index in [1.165, 1.54) is 12.1 Å². The SMILES string of the molecule is CC(C)(C)OC(=O)CN(C(=O)OC(C)(C)C)c1ccc(CCc2ccc(C(F)(F)F)cc2)cn1. The van der Waals surface area contributed by atoms with Gasteiger partial charge in [0.05, 0.1) is 5.56 Å². The predicted octanol–water partition coefficient (Wildman–Crippen LogP) is 5.97. The first kappa shape index (κ1) is 27.1. The van der Waals surface area contributed by atoms with Gasteiger partial charge >= 0.3 is 18.2 Å². The van der Waals surface area contributed by atoms with Crippen LogP contribution in [0.3, 0.4) is 0 Å². The summed E-state index contributed by atoms with van der Waals surface area (Å²) in [5.41, 5.74) is -0.589. The van der Waals surface area contributed by atoms with Gasteiger partial charge in [-0.15, -0.1) is 0 Å². The van der Waals surface area contributed by atoms with Gasteiger partial charge in [0, 0.05) is 6.20 Å². The fraction of sp³-hybridized carbons (Fsp3) is 0.480. The summed E-state index contributed by atoms with van der Waals surface area (Å²) in [5.74, 6) is -0.384. The second-order valence-electron chi connectivity index (χ2n) is 9.87. The van der Waals surface area contributed by atoms with Gasteiger partial charge in [-0.1, -0.05) is 18.2 Å². The summed E-state index contributed by atoms with van der Waals surface area (Å²) < 4.78 is 48.9. The Morgan fingerprint density at radius 2 is 1.35 bits per heavy atom. The number of carbonyl (C=O) groups excluding carboxylic acids is 2. The summed E-state index contributed by atoms with van der Waals surface area (Å²) in [6.07, 6.45) is -2.48. The molecule has 0 unspecified atom stereocenters. The fourth-order valence-corrected chi connectivity index (χ4v) is 2.93. The van der Waals surface area contributed by atoms with Gasteiger partial charge in [0.15, 0.2) is 0 Å². The van der Waals surface area contributed by atoms with Crippen LogP contribution in [-0.4, -0.2) is 34.8 Å². The van der Waals surface area contributed by atoms with Crippen molar-refractivity contribution in [3.05, 3.63) is 59.3 Å². The van der Waals surface area contributed by atoms with Crippen molar-refractivity contribution in [2.75, 3.05) is 11.4 Å². The Morgan fingerprint density at radius 1 is 0.824 bits per heavy atom. The van der Waals surface area contributed by atoms with Crippen LogP contribution in [0.2, 0.25) is 0 Å². The minimum atomic E-state index is -4.36. The van der Waals surface area contributed by atoms with Crippen LogP contribution < -0.4 is 4.90 Å². The molecule has 0 bridgehead atoms. The number of ether oxygens (including phenoxy) is 2. The number of halogens is 3. The number of nitrogens with zero attached hydrogens (tertiary/aromatic N) is 2. The molecule has 0 spiro atoms. The average Bonchev–Trinajstić information content (AvgIpc) is 2.68. The number of benzene rings is 1. The van der Waals surface area contributed by atoms with Crippen LogP contribution in [0.15, 0.2) is 42.6 Å². The summed E-state index contributed by atoms with van der Waals surface area (Å²) in [4.78, 5) is 30.5. The Balaban J connectivity index is 2.12. The molecule has 0 radical (unpaired) electrons. The summed E-state index contributed by atoms with van der Waals surface area (Å²) in [6.45, 7) is 9.96. The molecule has 0 aliphatic carbocycles. The number of anilines is 1. The molecule has 0 saturated heterocycles. The summed E-state index contributed by atoms with van der Waals surface area (Å²) in [6, 6.07) is 8.37. The summed E-state index contributed by atoms with van der Waals surface area (Å²) >= 11 is 0. The van der Waals surface area contributed by atoms with E-state index in [9.17, 15) is 22.8 Å². The largest absolute Gasteiger partial charge is 0.459 e. The third kappa shape index (κ3) is 9.03. The van der Waals surface area contributed by atoms with Crippen molar-refractivity contribution >= 4 is 17.9 Å². The van der Waals surface area contributed by atoms with Gasteiger partial charge in [0.1, 0.15) is 23.6 Å². The number of hydrogen-bond donors (Lipinski definition) is 0. The van der Waals surface area contributed by atoms with Gasteiger partial charge in [0.25, 0.3) is 0 Å². The van der Waals surface area contributed by atoms with Crippen molar-refractivity contribution in [3.63, 3.8) is 0 Å². The van der Waals surface area contributed by atoms with Crippen LogP contribution in [0.25, 0.3) is 0 Å². The van der Waals surface area contributed by atoms with Gasteiger partial charge in [-0.25, -0.2) is 9.78 Å². The van der Waals surface area contributed by atoms with Crippen molar-refractivity contribution in [3.8, 4) is 0 Å². The van der Waals surface area contributed by atoms with E-state index in [1.807, 2.05) is 0 Å². The zero-order valence-electron chi connectivity index (χ0n) is 20.3. The predicted molar refractivity (Wildman–Crippen MR) is 123 cm³/mol. The van der Waals surface area contributed by atoms with E-state index in [4.69, 9.17) is 9.47 Å². The maximum Gasteiger partial charge on any atom is 0.416 e.